The van der Waals surface area contributed by atoms with E-state index in [4.69, 9.17) is 4.74 Å². The molecule has 8 nitrogen and oxygen atoms in total. The molecule has 3 unspecified atom stereocenters. The first-order valence-corrected chi connectivity index (χ1v) is 10.6. The molecule has 2 heterocycles. The standard InChI is InChI=1S/C24H25N3O5/c1-14(16-6-4-3-5-7-16)25-24(31)32-15(2)17-8-9-18-13-27(23(30)19(18)12-17)20-10-11-21(28)26-22(20)29/h3-9,12,14-15,20H,10-11,13H2,1-2H3,(H,25,31)(H,26,28,29). The Kier molecular flexibility index (Phi) is 5.94. The zero-order valence-corrected chi connectivity index (χ0v) is 18.0. The van der Waals surface area contributed by atoms with Crippen LogP contribution in [0.2, 0.25) is 0 Å². The van der Waals surface area contributed by atoms with Gasteiger partial charge < -0.3 is 15.0 Å². The third kappa shape index (κ3) is 4.34. The lowest BCUT2D eigenvalue weighted by molar-refractivity contribution is -0.136. The van der Waals surface area contributed by atoms with Crippen LogP contribution in [-0.2, 0) is 20.9 Å². The van der Waals surface area contributed by atoms with E-state index in [1.54, 1.807) is 13.0 Å². The van der Waals surface area contributed by atoms with Crippen LogP contribution >= 0.6 is 0 Å². The molecule has 2 aliphatic heterocycles. The number of nitrogens with zero attached hydrogens (tertiary/aromatic N) is 1. The lowest BCUT2D eigenvalue weighted by atomic mass is 10.0. The van der Waals surface area contributed by atoms with Crippen molar-refractivity contribution in [1.82, 2.24) is 15.5 Å². The molecule has 4 amide bonds. The van der Waals surface area contributed by atoms with Crippen molar-refractivity contribution < 1.29 is 23.9 Å². The van der Waals surface area contributed by atoms with E-state index in [0.29, 0.717) is 24.1 Å². The van der Waals surface area contributed by atoms with E-state index >= 15 is 0 Å². The number of fused-ring (bicyclic) bond motifs is 1. The molecule has 8 heteroatoms. The summed E-state index contributed by atoms with van der Waals surface area (Å²) in [5.74, 6) is -1.02. The Morgan fingerprint density at radius 2 is 1.84 bits per heavy atom. The summed E-state index contributed by atoms with van der Waals surface area (Å²) in [6, 6.07) is 14.0. The minimum absolute atomic E-state index is 0.209. The molecule has 32 heavy (non-hydrogen) atoms. The molecule has 0 aliphatic carbocycles. The zero-order chi connectivity index (χ0) is 22.8. The van der Waals surface area contributed by atoms with E-state index in [0.717, 1.165) is 11.1 Å². The Balaban J connectivity index is 1.41. The van der Waals surface area contributed by atoms with E-state index in [1.807, 2.05) is 49.4 Å². The van der Waals surface area contributed by atoms with Gasteiger partial charge in [0.05, 0.1) is 6.04 Å². The Morgan fingerprint density at radius 3 is 2.56 bits per heavy atom. The fourth-order valence-corrected chi connectivity index (χ4v) is 4.09. The van der Waals surface area contributed by atoms with Crippen molar-refractivity contribution in [3.63, 3.8) is 0 Å². The summed E-state index contributed by atoms with van der Waals surface area (Å²) in [4.78, 5) is 50.4. The number of amides is 4. The first-order valence-electron chi connectivity index (χ1n) is 10.6. The fourth-order valence-electron chi connectivity index (χ4n) is 4.09. The van der Waals surface area contributed by atoms with Crippen LogP contribution < -0.4 is 10.6 Å². The highest BCUT2D eigenvalue weighted by molar-refractivity contribution is 6.05. The molecule has 4 rings (SSSR count). The summed E-state index contributed by atoms with van der Waals surface area (Å²) in [6.07, 6.45) is -0.591. The number of piperidine rings is 1. The molecule has 2 aliphatic rings. The van der Waals surface area contributed by atoms with Gasteiger partial charge in [-0.3, -0.25) is 19.7 Å². The topological polar surface area (TPSA) is 105 Å². The normalized spacial score (nSPS) is 19.8. The quantitative estimate of drug-likeness (QED) is 0.703. The largest absolute Gasteiger partial charge is 0.442 e. The summed E-state index contributed by atoms with van der Waals surface area (Å²) >= 11 is 0. The lowest BCUT2D eigenvalue weighted by Gasteiger charge is -2.29. The first kappa shape index (κ1) is 21.5. The van der Waals surface area contributed by atoms with Crippen molar-refractivity contribution in [2.45, 2.75) is 51.4 Å². The molecule has 166 valence electrons. The number of hydrogen-bond donors (Lipinski definition) is 2. The van der Waals surface area contributed by atoms with Crippen molar-refractivity contribution >= 4 is 23.8 Å². The predicted molar refractivity (Wildman–Crippen MR) is 115 cm³/mol. The Labute approximate surface area is 185 Å². The number of ether oxygens (including phenoxy) is 1. The molecule has 0 saturated carbocycles. The van der Waals surface area contributed by atoms with Gasteiger partial charge in [-0.25, -0.2) is 4.79 Å². The van der Waals surface area contributed by atoms with Crippen molar-refractivity contribution in [3.8, 4) is 0 Å². The number of imide groups is 1. The summed E-state index contributed by atoms with van der Waals surface area (Å²) < 4.78 is 5.52. The second kappa shape index (κ2) is 8.82. The molecule has 0 aromatic heterocycles. The number of benzene rings is 2. The van der Waals surface area contributed by atoms with Crippen LogP contribution in [0, 0.1) is 0 Å². The van der Waals surface area contributed by atoms with Gasteiger partial charge in [-0.1, -0.05) is 42.5 Å². The molecular formula is C24H25N3O5. The van der Waals surface area contributed by atoms with Gasteiger partial charge in [0, 0.05) is 18.5 Å². The molecular weight excluding hydrogens is 410 g/mol. The summed E-state index contributed by atoms with van der Waals surface area (Å²) in [5.41, 5.74) is 2.94. The second-order valence-corrected chi connectivity index (χ2v) is 8.14. The Morgan fingerprint density at radius 1 is 1.09 bits per heavy atom. The van der Waals surface area contributed by atoms with Gasteiger partial charge in [0.15, 0.2) is 0 Å². The number of rotatable bonds is 5. The van der Waals surface area contributed by atoms with Gasteiger partial charge in [0.2, 0.25) is 11.8 Å². The molecule has 2 aromatic rings. The van der Waals surface area contributed by atoms with Crippen molar-refractivity contribution in [3.05, 3.63) is 70.8 Å². The number of alkyl carbamates (subject to hydrolysis) is 1. The monoisotopic (exact) mass is 435 g/mol. The van der Waals surface area contributed by atoms with E-state index in [1.165, 1.54) is 4.90 Å². The van der Waals surface area contributed by atoms with Crippen LogP contribution in [0.4, 0.5) is 4.79 Å². The average molecular weight is 435 g/mol. The first-order chi connectivity index (χ1) is 15.3. The third-order valence-corrected chi connectivity index (χ3v) is 5.94. The lowest BCUT2D eigenvalue weighted by Crippen LogP contribution is -2.52. The fraction of sp³-hybridized carbons (Fsp3) is 0.333. The van der Waals surface area contributed by atoms with Crippen molar-refractivity contribution in [2.24, 2.45) is 0 Å². The van der Waals surface area contributed by atoms with Crippen LogP contribution in [0.15, 0.2) is 48.5 Å². The van der Waals surface area contributed by atoms with Gasteiger partial charge in [-0.15, -0.1) is 0 Å². The van der Waals surface area contributed by atoms with Crippen LogP contribution in [0.25, 0.3) is 0 Å². The Bertz CT molecular complexity index is 1070. The molecule has 0 radical (unpaired) electrons. The van der Waals surface area contributed by atoms with E-state index in [9.17, 15) is 19.2 Å². The van der Waals surface area contributed by atoms with Crippen LogP contribution in [0.3, 0.4) is 0 Å². The highest BCUT2D eigenvalue weighted by Gasteiger charge is 2.39. The van der Waals surface area contributed by atoms with Crippen molar-refractivity contribution in [1.29, 1.82) is 0 Å². The number of carbonyl (C=O) groups excluding carboxylic acids is 4. The summed E-state index contributed by atoms with van der Waals surface area (Å²) in [7, 11) is 0. The summed E-state index contributed by atoms with van der Waals surface area (Å²) in [6.45, 7) is 3.93. The van der Waals surface area contributed by atoms with Gasteiger partial charge in [0.1, 0.15) is 12.1 Å². The maximum Gasteiger partial charge on any atom is 0.408 e. The predicted octanol–water partition coefficient (Wildman–Crippen LogP) is 3.00. The van der Waals surface area contributed by atoms with Crippen LogP contribution in [-0.4, -0.2) is 34.8 Å². The molecule has 1 fully saturated rings. The second-order valence-electron chi connectivity index (χ2n) is 8.14. The Hall–Kier alpha value is -3.68. The maximum absolute atomic E-state index is 13.0. The molecule has 2 N–H and O–H groups in total. The minimum Gasteiger partial charge on any atom is -0.442 e. The molecule has 1 saturated heterocycles. The average Bonchev–Trinajstić information content (AvgIpc) is 3.10. The minimum atomic E-state index is -0.657. The summed E-state index contributed by atoms with van der Waals surface area (Å²) in [5, 5.41) is 5.10. The van der Waals surface area contributed by atoms with E-state index in [2.05, 4.69) is 10.6 Å². The molecule has 3 atom stereocenters. The third-order valence-electron chi connectivity index (χ3n) is 5.94. The van der Waals surface area contributed by atoms with E-state index < -0.39 is 24.1 Å². The van der Waals surface area contributed by atoms with Crippen molar-refractivity contribution in [2.75, 3.05) is 0 Å². The number of carbonyl (C=O) groups is 4. The zero-order valence-electron chi connectivity index (χ0n) is 18.0. The smallest absolute Gasteiger partial charge is 0.408 e. The number of hydrogen-bond acceptors (Lipinski definition) is 5. The maximum atomic E-state index is 13.0. The SMILES string of the molecule is CC(NC(=O)OC(C)c1ccc2c(c1)C(=O)N(C1CCC(=O)NC1=O)C2)c1ccccc1. The van der Waals surface area contributed by atoms with Gasteiger partial charge in [0.25, 0.3) is 5.91 Å². The molecule has 2 aromatic carbocycles. The number of nitrogens with one attached hydrogen (secondary N) is 2. The highest BCUT2D eigenvalue weighted by Crippen LogP contribution is 2.30. The van der Waals surface area contributed by atoms with Gasteiger partial charge in [-0.2, -0.15) is 0 Å². The molecule has 0 bridgehead atoms. The van der Waals surface area contributed by atoms with Gasteiger partial charge in [-0.05, 0) is 43.0 Å². The molecule has 0 spiro atoms. The van der Waals surface area contributed by atoms with Gasteiger partial charge >= 0.3 is 6.09 Å². The van der Waals surface area contributed by atoms with Crippen LogP contribution in [0.1, 0.15) is 65.9 Å². The highest BCUT2D eigenvalue weighted by atomic mass is 16.6. The van der Waals surface area contributed by atoms with Crippen LogP contribution in [0.5, 0.6) is 0 Å². The van der Waals surface area contributed by atoms with E-state index in [-0.39, 0.29) is 24.3 Å².